The molecule has 8 nitrogen and oxygen atoms in total. The first-order chi connectivity index (χ1) is 16.4. The standard InChI is InChI=1S/C25H27N3O5S/c1-33-24-7-5-6-23(18-24)27(34(31,32)25-8-3-2-4-9-25)21-14-16-26(17-15-21)19-20-10-12-22(13-11-20)28(29)30/h2-13,18,21H,14-17,19H2,1H3. The van der Waals surface area contributed by atoms with Crippen molar-refractivity contribution in [2.45, 2.75) is 30.3 Å². The lowest BCUT2D eigenvalue weighted by atomic mass is 10.0. The summed E-state index contributed by atoms with van der Waals surface area (Å²) in [5.41, 5.74) is 1.64. The van der Waals surface area contributed by atoms with E-state index in [1.165, 1.54) is 16.4 Å². The molecule has 34 heavy (non-hydrogen) atoms. The minimum Gasteiger partial charge on any atom is -0.497 e. The molecule has 1 aliphatic rings. The van der Waals surface area contributed by atoms with Gasteiger partial charge in [0, 0.05) is 43.9 Å². The molecule has 0 N–H and O–H groups in total. The van der Waals surface area contributed by atoms with Crippen LogP contribution in [0.5, 0.6) is 5.75 Å². The summed E-state index contributed by atoms with van der Waals surface area (Å²) in [6, 6.07) is 22.0. The molecule has 3 aromatic rings. The quantitative estimate of drug-likeness (QED) is 0.348. The van der Waals surface area contributed by atoms with Crippen LogP contribution in [-0.4, -0.2) is 44.5 Å². The Morgan fingerprint density at radius 2 is 1.68 bits per heavy atom. The number of anilines is 1. The van der Waals surface area contributed by atoms with Crippen molar-refractivity contribution in [1.82, 2.24) is 4.90 Å². The second-order valence-electron chi connectivity index (χ2n) is 8.25. The SMILES string of the molecule is COc1cccc(N(C2CCN(Cc3ccc([N+](=O)[O-])cc3)CC2)S(=O)(=O)c2ccccc2)c1. The Hall–Kier alpha value is -3.43. The van der Waals surface area contributed by atoms with Gasteiger partial charge in [-0.2, -0.15) is 0 Å². The van der Waals surface area contributed by atoms with Crippen LogP contribution in [-0.2, 0) is 16.6 Å². The number of nitrogens with zero attached hydrogens (tertiary/aromatic N) is 3. The highest BCUT2D eigenvalue weighted by molar-refractivity contribution is 7.92. The Morgan fingerprint density at radius 3 is 2.29 bits per heavy atom. The molecular weight excluding hydrogens is 454 g/mol. The first-order valence-corrected chi connectivity index (χ1v) is 12.5. The summed E-state index contributed by atoms with van der Waals surface area (Å²) in [5, 5.41) is 10.9. The maximum Gasteiger partial charge on any atom is 0.269 e. The zero-order chi connectivity index (χ0) is 24.1. The number of nitro benzene ring substituents is 1. The second-order valence-corrected chi connectivity index (χ2v) is 10.1. The number of methoxy groups -OCH3 is 1. The van der Waals surface area contributed by atoms with Crippen molar-refractivity contribution >= 4 is 21.4 Å². The summed E-state index contributed by atoms with van der Waals surface area (Å²) in [6.07, 6.45) is 1.33. The van der Waals surface area contributed by atoms with E-state index >= 15 is 0 Å². The molecule has 0 spiro atoms. The molecule has 0 unspecified atom stereocenters. The molecular formula is C25H27N3O5S. The van der Waals surface area contributed by atoms with Crippen LogP contribution >= 0.6 is 0 Å². The number of hydrogen-bond donors (Lipinski definition) is 0. The van der Waals surface area contributed by atoms with Crippen LogP contribution in [0, 0.1) is 10.1 Å². The first-order valence-electron chi connectivity index (χ1n) is 11.1. The molecule has 1 fully saturated rings. The van der Waals surface area contributed by atoms with Crippen molar-refractivity contribution in [2.24, 2.45) is 0 Å². The van der Waals surface area contributed by atoms with E-state index in [-0.39, 0.29) is 16.6 Å². The largest absolute Gasteiger partial charge is 0.497 e. The molecule has 1 aliphatic heterocycles. The Kier molecular flexibility index (Phi) is 7.14. The number of ether oxygens (including phenoxy) is 1. The Labute approximate surface area is 199 Å². The minimum atomic E-state index is -3.77. The van der Waals surface area contributed by atoms with Gasteiger partial charge in [0.25, 0.3) is 15.7 Å². The average molecular weight is 482 g/mol. The van der Waals surface area contributed by atoms with E-state index in [0.29, 0.717) is 43.9 Å². The summed E-state index contributed by atoms with van der Waals surface area (Å²) in [6.45, 7) is 2.09. The van der Waals surface area contributed by atoms with E-state index in [2.05, 4.69) is 4.90 Å². The van der Waals surface area contributed by atoms with Gasteiger partial charge in [-0.05, 0) is 42.7 Å². The van der Waals surface area contributed by atoms with Crippen molar-refractivity contribution in [3.05, 3.63) is 94.5 Å². The number of benzene rings is 3. The Balaban J connectivity index is 1.54. The summed E-state index contributed by atoms with van der Waals surface area (Å²) in [5.74, 6) is 0.598. The molecule has 0 amide bonds. The molecule has 0 radical (unpaired) electrons. The lowest BCUT2D eigenvalue weighted by molar-refractivity contribution is -0.384. The number of nitro groups is 1. The molecule has 3 aromatic carbocycles. The molecule has 4 rings (SSSR count). The van der Waals surface area contributed by atoms with Crippen LogP contribution in [0.2, 0.25) is 0 Å². The summed E-state index contributed by atoms with van der Waals surface area (Å²) in [4.78, 5) is 13.0. The number of sulfonamides is 1. The van der Waals surface area contributed by atoms with E-state index in [4.69, 9.17) is 4.74 Å². The van der Waals surface area contributed by atoms with E-state index in [1.54, 1.807) is 73.8 Å². The third-order valence-electron chi connectivity index (χ3n) is 6.05. The fraction of sp³-hybridized carbons (Fsp3) is 0.280. The van der Waals surface area contributed by atoms with Gasteiger partial charge in [0.2, 0.25) is 0 Å². The van der Waals surface area contributed by atoms with Gasteiger partial charge in [-0.3, -0.25) is 19.3 Å². The molecule has 0 bridgehead atoms. The van der Waals surface area contributed by atoms with Gasteiger partial charge >= 0.3 is 0 Å². The maximum atomic E-state index is 13.7. The monoisotopic (exact) mass is 481 g/mol. The Bertz CT molecular complexity index is 1220. The van der Waals surface area contributed by atoms with Crippen molar-refractivity contribution in [3.8, 4) is 5.75 Å². The number of likely N-dealkylation sites (tertiary alicyclic amines) is 1. The third-order valence-corrected chi connectivity index (χ3v) is 7.94. The molecule has 0 saturated carbocycles. The first kappa shape index (κ1) is 23.7. The van der Waals surface area contributed by atoms with Crippen molar-refractivity contribution < 1.29 is 18.1 Å². The Morgan fingerprint density at radius 1 is 1.00 bits per heavy atom. The molecule has 0 atom stereocenters. The molecule has 1 heterocycles. The molecule has 0 aliphatic carbocycles. The van der Waals surface area contributed by atoms with E-state index in [9.17, 15) is 18.5 Å². The van der Waals surface area contributed by atoms with Gasteiger partial charge in [0.1, 0.15) is 5.75 Å². The van der Waals surface area contributed by atoms with Crippen LogP contribution < -0.4 is 9.04 Å². The molecule has 1 saturated heterocycles. The van der Waals surface area contributed by atoms with Crippen molar-refractivity contribution in [1.29, 1.82) is 0 Å². The number of non-ortho nitro benzene ring substituents is 1. The topological polar surface area (TPSA) is 93.0 Å². The van der Waals surface area contributed by atoms with Crippen LogP contribution in [0.1, 0.15) is 18.4 Å². The summed E-state index contributed by atoms with van der Waals surface area (Å²) >= 11 is 0. The van der Waals surface area contributed by atoms with Crippen LogP contribution in [0.25, 0.3) is 0 Å². The van der Waals surface area contributed by atoms with Gasteiger partial charge in [0.05, 0.1) is 22.6 Å². The summed E-state index contributed by atoms with van der Waals surface area (Å²) < 4.78 is 34.3. The van der Waals surface area contributed by atoms with Crippen molar-refractivity contribution in [2.75, 3.05) is 24.5 Å². The highest BCUT2D eigenvalue weighted by Gasteiger charge is 2.34. The second kappa shape index (κ2) is 10.2. The van der Waals surface area contributed by atoms with Crippen LogP contribution in [0.3, 0.4) is 0 Å². The van der Waals surface area contributed by atoms with Gasteiger partial charge in [0.15, 0.2) is 0 Å². The smallest absolute Gasteiger partial charge is 0.269 e. The van der Waals surface area contributed by atoms with Crippen LogP contribution in [0.4, 0.5) is 11.4 Å². The molecule has 9 heteroatoms. The highest BCUT2D eigenvalue weighted by Crippen LogP contribution is 2.32. The van der Waals surface area contributed by atoms with Gasteiger partial charge in [-0.15, -0.1) is 0 Å². The zero-order valence-electron chi connectivity index (χ0n) is 18.9. The lowest BCUT2D eigenvalue weighted by Crippen LogP contribution is -2.47. The zero-order valence-corrected chi connectivity index (χ0v) is 19.7. The van der Waals surface area contributed by atoms with E-state index in [0.717, 1.165) is 5.56 Å². The van der Waals surface area contributed by atoms with Crippen molar-refractivity contribution in [3.63, 3.8) is 0 Å². The van der Waals surface area contributed by atoms with Gasteiger partial charge < -0.3 is 4.74 Å². The van der Waals surface area contributed by atoms with E-state index in [1.807, 2.05) is 0 Å². The van der Waals surface area contributed by atoms with Crippen LogP contribution in [0.15, 0.2) is 83.8 Å². The number of rotatable bonds is 8. The minimum absolute atomic E-state index is 0.0718. The number of hydrogen-bond acceptors (Lipinski definition) is 6. The molecule has 0 aromatic heterocycles. The number of piperidine rings is 1. The lowest BCUT2D eigenvalue weighted by Gasteiger charge is -2.39. The predicted octanol–water partition coefficient (Wildman–Crippen LogP) is 4.46. The predicted molar refractivity (Wildman–Crippen MR) is 130 cm³/mol. The fourth-order valence-electron chi connectivity index (χ4n) is 4.29. The maximum absolute atomic E-state index is 13.7. The van der Waals surface area contributed by atoms with Gasteiger partial charge in [-0.25, -0.2) is 8.42 Å². The fourth-order valence-corrected chi connectivity index (χ4v) is 6.02. The average Bonchev–Trinajstić information content (AvgIpc) is 2.86. The van der Waals surface area contributed by atoms with E-state index < -0.39 is 14.9 Å². The molecule has 178 valence electrons. The van der Waals surface area contributed by atoms with Gasteiger partial charge in [-0.1, -0.05) is 36.4 Å². The highest BCUT2D eigenvalue weighted by atomic mass is 32.2. The normalized spacial score (nSPS) is 15.1. The third kappa shape index (κ3) is 5.21. The summed E-state index contributed by atoms with van der Waals surface area (Å²) in [7, 11) is -2.21.